The molecule has 5 nitrogen and oxygen atoms in total. The van der Waals surface area contributed by atoms with Gasteiger partial charge in [-0.1, -0.05) is 0 Å². The fraction of sp³-hybridized carbons (Fsp3) is 0.417. The molecule has 1 aromatic rings. The molecule has 1 aliphatic heterocycles. The molecule has 17 heavy (non-hydrogen) atoms. The van der Waals surface area contributed by atoms with Crippen LogP contribution >= 0.6 is 0 Å². The Bertz CT molecular complexity index is 466. The third-order valence-electron chi connectivity index (χ3n) is 2.75. The first-order valence-corrected chi connectivity index (χ1v) is 5.26. The predicted molar refractivity (Wildman–Crippen MR) is 59.8 cm³/mol. The number of methoxy groups -OCH3 is 2. The van der Waals surface area contributed by atoms with E-state index in [0.29, 0.717) is 23.5 Å². The normalized spacial score (nSPS) is 18.3. The quantitative estimate of drug-likeness (QED) is 0.791. The third kappa shape index (κ3) is 1.77. The summed E-state index contributed by atoms with van der Waals surface area (Å²) in [6.45, 7) is 1.79. The SMILES string of the molecule is COc1cc(O)c2c(c1OC)CC(C)OC2=O. The number of rotatable bonds is 2. The van der Waals surface area contributed by atoms with Crippen molar-refractivity contribution in [2.75, 3.05) is 14.2 Å². The highest BCUT2D eigenvalue weighted by atomic mass is 16.5. The standard InChI is InChI=1S/C12H14O5/c1-6-4-7-10(12(14)17-6)8(13)5-9(15-2)11(7)16-3/h5-6,13H,4H2,1-3H3. The average molecular weight is 238 g/mol. The highest BCUT2D eigenvalue weighted by Gasteiger charge is 2.31. The van der Waals surface area contributed by atoms with Crippen LogP contribution in [0.15, 0.2) is 6.07 Å². The lowest BCUT2D eigenvalue weighted by atomic mass is 9.96. The Morgan fingerprint density at radius 3 is 2.71 bits per heavy atom. The van der Waals surface area contributed by atoms with E-state index in [-0.39, 0.29) is 17.4 Å². The molecule has 1 N–H and O–H groups in total. The van der Waals surface area contributed by atoms with Gasteiger partial charge in [-0.3, -0.25) is 0 Å². The number of esters is 1. The first kappa shape index (κ1) is 11.6. The first-order valence-electron chi connectivity index (χ1n) is 5.26. The van der Waals surface area contributed by atoms with Crippen molar-refractivity contribution in [1.29, 1.82) is 0 Å². The Kier molecular flexibility index (Phi) is 2.83. The molecule has 0 bridgehead atoms. The van der Waals surface area contributed by atoms with E-state index in [1.165, 1.54) is 20.3 Å². The summed E-state index contributed by atoms with van der Waals surface area (Å²) in [7, 11) is 2.98. The number of carbonyl (C=O) groups is 1. The number of phenolic OH excluding ortho intramolecular Hbond substituents is 1. The minimum Gasteiger partial charge on any atom is -0.507 e. The van der Waals surface area contributed by atoms with E-state index in [4.69, 9.17) is 14.2 Å². The molecule has 0 saturated carbocycles. The highest BCUT2D eigenvalue weighted by Crippen LogP contribution is 2.42. The number of aromatic hydroxyl groups is 1. The Morgan fingerprint density at radius 2 is 2.12 bits per heavy atom. The molecule has 0 spiro atoms. The van der Waals surface area contributed by atoms with Crippen molar-refractivity contribution in [3.63, 3.8) is 0 Å². The summed E-state index contributed by atoms with van der Waals surface area (Å²) < 4.78 is 15.4. The van der Waals surface area contributed by atoms with E-state index in [9.17, 15) is 9.90 Å². The maximum atomic E-state index is 11.7. The van der Waals surface area contributed by atoms with Crippen LogP contribution < -0.4 is 9.47 Å². The van der Waals surface area contributed by atoms with Gasteiger partial charge >= 0.3 is 5.97 Å². The van der Waals surface area contributed by atoms with E-state index in [1.54, 1.807) is 6.92 Å². The van der Waals surface area contributed by atoms with Crippen molar-refractivity contribution >= 4 is 5.97 Å². The summed E-state index contributed by atoms with van der Waals surface area (Å²) >= 11 is 0. The lowest BCUT2D eigenvalue weighted by Gasteiger charge is -2.25. The van der Waals surface area contributed by atoms with Crippen molar-refractivity contribution in [3.05, 3.63) is 17.2 Å². The van der Waals surface area contributed by atoms with Gasteiger partial charge in [0.05, 0.1) is 14.2 Å². The molecule has 1 aliphatic rings. The largest absolute Gasteiger partial charge is 0.507 e. The van der Waals surface area contributed by atoms with Crippen LogP contribution in [0.2, 0.25) is 0 Å². The number of benzene rings is 1. The molecule has 5 heteroatoms. The summed E-state index contributed by atoms with van der Waals surface area (Å²) in [6, 6.07) is 1.36. The zero-order valence-corrected chi connectivity index (χ0v) is 9.94. The maximum Gasteiger partial charge on any atom is 0.342 e. The van der Waals surface area contributed by atoms with Gasteiger partial charge in [-0.15, -0.1) is 0 Å². The lowest BCUT2D eigenvalue weighted by molar-refractivity contribution is 0.0293. The third-order valence-corrected chi connectivity index (χ3v) is 2.75. The Balaban J connectivity index is 2.68. The van der Waals surface area contributed by atoms with Gasteiger partial charge in [-0.05, 0) is 6.92 Å². The van der Waals surface area contributed by atoms with Gasteiger partial charge in [0, 0.05) is 18.1 Å². The number of phenols is 1. The van der Waals surface area contributed by atoms with E-state index < -0.39 is 5.97 Å². The zero-order chi connectivity index (χ0) is 12.6. The number of hydrogen-bond donors (Lipinski definition) is 1. The molecule has 2 rings (SSSR count). The highest BCUT2D eigenvalue weighted by molar-refractivity contribution is 5.96. The topological polar surface area (TPSA) is 65.0 Å². The number of carbonyl (C=O) groups excluding carboxylic acids is 1. The smallest absolute Gasteiger partial charge is 0.342 e. The zero-order valence-electron chi connectivity index (χ0n) is 9.94. The Labute approximate surface area is 98.9 Å². The molecule has 1 atom stereocenters. The van der Waals surface area contributed by atoms with Crippen molar-refractivity contribution in [2.45, 2.75) is 19.4 Å². The van der Waals surface area contributed by atoms with Crippen LogP contribution in [-0.4, -0.2) is 31.4 Å². The molecule has 0 saturated heterocycles. The molecular formula is C12H14O5. The van der Waals surface area contributed by atoms with Gasteiger partial charge in [-0.2, -0.15) is 0 Å². The van der Waals surface area contributed by atoms with Crippen molar-refractivity contribution in [3.8, 4) is 17.2 Å². The van der Waals surface area contributed by atoms with Crippen molar-refractivity contribution in [2.24, 2.45) is 0 Å². The summed E-state index contributed by atoms with van der Waals surface area (Å²) in [5, 5.41) is 9.81. The molecule has 0 aromatic heterocycles. The van der Waals surface area contributed by atoms with Gasteiger partial charge in [0.2, 0.25) is 0 Å². The molecule has 0 fully saturated rings. The van der Waals surface area contributed by atoms with Crippen molar-refractivity contribution in [1.82, 2.24) is 0 Å². The van der Waals surface area contributed by atoms with Crippen LogP contribution in [0.3, 0.4) is 0 Å². The Morgan fingerprint density at radius 1 is 1.41 bits per heavy atom. The van der Waals surface area contributed by atoms with Crippen molar-refractivity contribution < 1.29 is 24.1 Å². The lowest BCUT2D eigenvalue weighted by Crippen LogP contribution is -2.25. The average Bonchev–Trinajstić information content (AvgIpc) is 2.27. The van der Waals surface area contributed by atoms with Gasteiger partial charge in [0.15, 0.2) is 11.5 Å². The molecule has 0 radical (unpaired) electrons. The molecule has 1 unspecified atom stereocenters. The van der Waals surface area contributed by atoms with Crippen LogP contribution in [0.1, 0.15) is 22.8 Å². The maximum absolute atomic E-state index is 11.7. The Hall–Kier alpha value is -1.91. The number of hydrogen-bond acceptors (Lipinski definition) is 5. The molecule has 0 aliphatic carbocycles. The number of cyclic esters (lactones) is 1. The summed E-state index contributed by atoms with van der Waals surface area (Å²) in [5.41, 5.74) is 0.800. The van der Waals surface area contributed by atoms with E-state index in [2.05, 4.69) is 0 Å². The van der Waals surface area contributed by atoms with Crippen LogP contribution in [0.4, 0.5) is 0 Å². The summed E-state index contributed by atoms with van der Waals surface area (Å²) in [5.74, 6) is 0.209. The fourth-order valence-corrected chi connectivity index (χ4v) is 2.05. The summed E-state index contributed by atoms with van der Waals surface area (Å²) in [6.07, 6.45) is 0.255. The minimum atomic E-state index is -0.530. The monoisotopic (exact) mass is 238 g/mol. The van der Waals surface area contributed by atoms with Gasteiger partial charge in [0.1, 0.15) is 17.4 Å². The van der Waals surface area contributed by atoms with Crippen LogP contribution in [0, 0.1) is 0 Å². The fourth-order valence-electron chi connectivity index (χ4n) is 2.05. The first-order chi connectivity index (χ1) is 8.08. The second-order valence-corrected chi connectivity index (χ2v) is 3.90. The van der Waals surface area contributed by atoms with Gasteiger partial charge in [-0.25, -0.2) is 4.79 Å². The van der Waals surface area contributed by atoms with E-state index >= 15 is 0 Å². The van der Waals surface area contributed by atoms with Gasteiger partial charge < -0.3 is 19.3 Å². The number of ether oxygens (including phenoxy) is 3. The van der Waals surface area contributed by atoms with Crippen LogP contribution in [0.25, 0.3) is 0 Å². The minimum absolute atomic E-state index is 0.144. The van der Waals surface area contributed by atoms with Crippen LogP contribution in [-0.2, 0) is 11.2 Å². The molecule has 1 heterocycles. The second kappa shape index (κ2) is 4.16. The molecule has 92 valence electrons. The molecular weight excluding hydrogens is 224 g/mol. The molecule has 0 amide bonds. The predicted octanol–water partition coefficient (Wildman–Crippen LogP) is 1.51. The molecule has 1 aromatic carbocycles. The van der Waals surface area contributed by atoms with Gasteiger partial charge in [0.25, 0.3) is 0 Å². The second-order valence-electron chi connectivity index (χ2n) is 3.90. The summed E-state index contributed by atoms with van der Waals surface area (Å²) in [4.78, 5) is 11.7. The van der Waals surface area contributed by atoms with Crippen LogP contribution in [0.5, 0.6) is 17.2 Å². The van der Waals surface area contributed by atoms with E-state index in [1.807, 2.05) is 0 Å². The van der Waals surface area contributed by atoms with E-state index in [0.717, 1.165) is 0 Å². The number of fused-ring (bicyclic) bond motifs is 1.